The van der Waals surface area contributed by atoms with Crippen LogP contribution in [0.5, 0.6) is 0 Å². The highest BCUT2D eigenvalue weighted by molar-refractivity contribution is 5.95. The van der Waals surface area contributed by atoms with E-state index >= 15 is 0 Å². The summed E-state index contributed by atoms with van der Waals surface area (Å²) in [7, 11) is 0. The third kappa shape index (κ3) is 5.12. The normalized spacial score (nSPS) is 12.3. The first-order valence-electron chi connectivity index (χ1n) is 7.65. The summed E-state index contributed by atoms with van der Waals surface area (Å²) in [5, 5.41) is 12.2. The van der Waals surface area contributed by atoms with Gasteiger partial charge in [0.15, 0.2) is 0 Å². The molecule has 2 rings (SSSR count). The smallest absolute Gasteiger partial charge is 0.412 e. The lowest BCUT2D eigenvalue weighted by Gasteiger charge is -2.19. The zero-order chi connectivity index (χ0) is 17.7. The molecule has 0 saturated carbocycles. The molecule has 2 aromatic rings. The van der Waals surface area contributed by atoms with Crippen LogP contribution in [0.15, 0.2) is 36.5 Å². The molecule has 7 heteroatoms. The van der Waals surface area contributed by atoms with Gasteiger partial charge in [-0.2, -0.15) is 5.10 Å². The quantitative estimate of drug-likeness (QED) is 0.802. The second-order valence-electron chi connectivity index (χ2n) is 6.41. The Kier molecular flexibility index (Phi) is 5.23. The molecule has 0 radical (unpaired) electrons. The molecular weight excluding hydrogens is 308 g/mol. The van der Waals surface area contributed by atoms with Gasteiger partial charge in [-0.3, -0.25) is 15.2 Å². The number of H-pyrrole nitrogens is 1. The molecule has 1 aromatic carbocycles. The molecule has 2 amide bonds. The predicted molar refractivity (Wildman–Crippen MR) is 90.8 cm³/mol. The maximum atomic E-state index is 12.2. The van der Waals surface area contributed by atoms with Crippen molar-refractivity contribution in [3.63, 3.8) is 0 Å². The summed E-state index contributed by atoms with van der Waals surface area (Å²) in [4.78, 5) is 23.9. The van der Waals surface area contributed by atoms with Crippen molar-refractivity contribution >= 4 is 17.7 Å². The standard InChI is InChI=1S/C17H22N4O3/c1-11(14-9-10-18-21-14)19-15(22)12-5-7-13(8-6-12)20-16(23)24-17(2,3)4/h5-11H,1-4H3,(H,18,21)(H,19,22)(H,20,23)/t11-/m1/s1. The summed E-state index contributed by atoms with van der Waals surface area (Å²) in [5.74, 6) is -0.207. The number of carbonyl (C=O) groups excluding carboxylic acids is 2. The first-order chi connectivity index (χ1) is 11.2. The number of hydrogen-bond acceptors (Lipinski definition) is 4. The Hall–Kier alpha value is -2.83. The largest absolute Gasteiger partial charge is 0.444 e. The number of amides is 2. The lowest BCUT2D eigenvalue weighted by molar-refractivity contribution is 0.0635. The third-order valence-corrected chi connectivity index (χ3v) is 3.13. The second-order valence-corrected chi connectivity index (χ2v) is 6.41. The molecule has 0 spiro atoms. The van der Waals surface area contributed by atoms with E-state index < -0.39 is 11.7 Å². The van der Waals surface area contributed by atoms with Crippen LogP contribution in [0.3, 0.4) is 0 Å². The summed E-state index contributed by atoms with van der Waals surface area (Å²) < 4.78 is 5.17. The number of aromatic nitrogens is 2. The number of aromatic amines is 1. The molecule has 7 nitrogen and oxygen atoms in total. The first kappa shape index (κ1) is 17.5. The molecule has 0 aliphatic heterocycles. The van der Waals surface area contributed by atoms with E-state index in [-0.39, 0.29) is 11.9 Å². The summed E-state index contributed by atoms with van der Waals surface area (Å²) in [6.07, 6.45) is 1.10. The van der Waals surface area contributed by atoms with Gasteiger partial charge < -0.3 is 10.1 Å². The van der Waals surface area contributed by atoms with E-state index in [2.05, 4.69) is 20.8 Å². The van der Waals surface area contributed by atoms with E-state index in [9.17, 15) is 9.59 Å². The van der Waals surface area contributed by atoms with Crippen LogP contribution in [-0.2, 0) is 4.74 Å². The maximum Gasteiger partial charge on any atom is 0.412 e. The van der Waals surface area contributed by atoms with E-state index in [1.165, 1.54) is 0 Å². The van der Waals surface area contributed by atoms with Crippen LogP contribution in [-0.4, -0.2) is 27.8 Å². The van der Waals surface area contributed by atoms with E-state index in [1.54, 1.807) is 57.3 Å². The molecule has 24 heavy (non-hydrogen) atoms. The molecule has 1 aromatic heterocycles. The van der Waals surface area contributed by atoms with Crippen LogP contribution in [0.2, 0.25) is 0 Å². The van der Waals surface area contributed by atoms with Gasteiger partial charge in [-0.15, -0.1) is 0 Å². The van der Waals surface area contributed by atoms with E-state index in [0.717, 1.165) is 5.69 Å². The van der Waals surface area contributed by atoms with Gasteiger partial charge in [-0.05, 0) is 58.0 Å². The zero-order valence-electron chi connectivity index (χ0n) is 14.2. The Morgan fingerprint density at radius 3 is 2.38 bits per heavy atom. The Bertz CT molecular complexity index is 688. The van der Waals surface area contributed by atoms with Gasteiger partial charge in [-0.25, -0.2) is 4.79 Å². The number of anilines is 1. The number of hydrogen-bond donors (Lipinski definition) is 3. The predicted octanol–water partition coefficient (Wildman–Crippen LogP) is 3.25. The van der Waals surface area contributed by atoms with E-state index in [1.807, 2.05) is 6.92 Å². The van der Waals surface area contributed by atoms with Crippen LogP contribution in [0.25, 0.3) is 0 Å². The van der Waals surface area contributed by atoms with Gasteiger partial charge in [0.25, 0.3) is 5.91 Å². The number of nitrogens with zero attached hydrogens (tertiary/aromatic N) is 1. The van der Waals surface area contributed by atoms with Gasteiger partial charge in [0.05, 0.1) is 11.7 Å². The highest BCUT2D eigenvalue weighted by Gasteiger charge is 2.16. The van der Waals surface area contributed by atoms with Gasteiger partial charge in [-0.1, -0.05) is 0 Å². The highest BCUT2D eigenvalue weighted by atomic mass is 16.6. The van der Waals surface area contributed by atoms with Crippen molar-refractivity contribution in [2.75, 3.05) is 5.32 Å². The summed E-state index contributed by atoms with van der Waals surface area (Å²) >= 11 is 0. The molecule has 1 atom stereocenters. The fourth-order valence-corrected chi connectivity index (χ4v) is 1.99. The van der Waals surface area contributed by atoms with Crippen molar-refractivity contribution in [3.8, 4) is 0 Å². The van der Waals surface area contributed by atoms with Crippen molar-refractivity contribution < 1.29 is 14.3 Å². The molecule has 0 aliphatic carbocycles. The highest BCUT2D eigenvalue weighted by Crippen LogP contribution is 2.14. The number of ether oxygens (including phenoxy) is 1. The summed E-state index contributed by atoms with van der Waals surface area (Å²) in [6.45, 7) is 7.24. The van der Waals surface area contributed by atoms with Crippen LogP contribution < -0.4 is 10.6 Å². The van der Waals surface area contributed by atoms with Crippen molar-refractivity contribution in [2.45, 2.75) is 39.3 Å². The van der Waals surface area contributed by atoms with Gasteiger partial charge in [0.2, 0.25) is 0 Å². The molecule has 3 N–H and O–H groups in total. The molecule has 0 unspecified atom stereocenters. The van der Waals surface area contributed by atoms with Crippen LogP contribution >= 0.6 is 0 Å². The number of nitrogens with one attached hydrogen (secondary N) is 3. The van der Waals surface area contributed by atoms with E-state index in [0.29, 0.717) is 11.3 Å². The lowest BCUT2D eigenvalue weighted by Crippen LogP contribution is -2.27. The number of rotatable bonds is 4. The maximum absolute atomic E-state index is 12.2. The minimum absolute atomic E-state index is 0.181. The molecule has 0 aliphatic rings. The van der Waals surface area contributed by atoms with Gasteiger partial charge in [0.1, 0.15) is 5.60 Å². The summed E-state index contributed by atoms with van der Waals surface area (Å²) in [5.41, 5.74) is 1.32. The second kappa shape index (κ2) is 7.16. The molecule has 1 heterocycles. The molecule has 0 saturated heterocycles. The average molecular weight is 330 g/mol. The molecule has 128 valence electrons. The molecular formula is C17H22N4O3. The first-order valence-corrected chi connectivity index (χ1v) is 7.65. The molecule has 0 bridgehead atoms. The van der Waals surface area contributed by atoms with Crippen LogP contribution in [0, 0.1) is 0 Å². The van der Waals surface area contributed by atoms with Crippen molar-refractivity contribution in [3.05, 3.63) is 47.8 Å². The Morgan fingerprint density at radius 1 is 1.17 bits per heavy atom. The lowest BCUT2D eigenvalue weighted by atomic mass is 10.1. The fraction of sp³-hybridized carbons (Fsp3) is 0.353. The number of carbonyl (C=O) groups is 2. The van der Waals surface area contributed by atoms with Gasteiger partial charge in [0, 0.05) is 17.4 Å². The Balaban J connectivity index is 1.93. The van der Waals surface area contributed by atoms with Crippen molar-refractivity contribution in [1.29, 1.82) is 0 Å². The monoisotopic (exact) mass is 330 g/mol. The van der Waals surface area contributed by atoms with Crippen LogP contribution in [0.4, 0.5) is 10.5 Å². The Labute approximate surface area is 140 Å². The van der Waals surface area contributed by atoms with Crippen molar-refractivity contribution in [2.24, 2.45) is 0 Å². The minimum Gasteiger partial charge on any atom is -0.444 e. The third-order valence-electron chi connectivity index (χ3n) is 3.13. The van der Waals surface area contributed by atoms with Gasteiger partial charge >= 0.3 is 6.09 Å². The minimum atomic E-state index is -0.563. The molecule has 0 fully saturated rings. The topological polar surface area (TPSA) is 96.1 Å². The average Bonchev–Trinajstić information content (AvgIpc) is 3.00. The number of benzene rings is 1. The summed E-state index contributed by atoms with van der Waals surface area (Å²) in [6, 6.07) is 8.21. The van der Waals surface area contributed by atoms with Crippen LogP contribution in [0.1, 0.15) is 49.8 Å². The zero-order valence-corrected chi connectivity index (χ0v) is 14.2. The Morgan fingerprint density at radius 2 is 1.83 bits per heavy atom. The van der Waals surface area contributed by atoms with Crippen molar-refractivity contribution in [1.82, 2.24) is 15.5 Å². The fourth-order valence-electron chi connectivity index (χ4n) is 1.99. The van der Waals surface area contributed by atoms with E-state index in [4.69, 9.17) is 4.74 Å². The SMILES string of the molecule is C[C@@H](NC(=O)c1ccc(NC(=O)OC(C)(C)C)cc1)c1ccn[nH]1.